The van der Waals surface area contributed by atoms with E-state index in [2.05, 4.69) is 68.9 Å². The molecule has 2 aromatic carbocycles. The molecule has 0 radical (unpaired) electrons. The first-order chi connectivity index (χ1) is 13.6. The van der Waals surface area contributed by atoms with Crippen molar-refractivity contribution >= 4 is 29.2 Å². The summed E-state index contributed by atoms with van der Waals surface area (Å²) in [4.78, 5) is 18.4. The third-order valence-electron chi connectivity index (χ3n) is 5.72. The van der Waals surface area contributed by atoms with Crippen molar-refractivity contribution in [3.05, 3.63) is 53.1 Å². The van der Waals surface area contributed by atoms with E-state index in [0.717, 1.165) is 23.4 Å². The molecular weight excluding hydrogens is 358 g/mol. The Labute approximate surface area is 175 Å². The molecule has 0 unspecified atom stereocenters. The van der Waals surface area contributed by atoms with E-state index < -0.39 is 0 Å². The molecule has 2 aromatic rings. The highest BCUT2D eigenvalue weighted by atomic mass is 16.1. The van der Waals surface area contributed by atoms with Crippen LogP contribution < -0.4 is 10.2 Å². The highest BCUT2D eigenvalue weighted by Gasteiger charge is 2.37. The maximum Gasteiger partial charge on any atom is 0.221 e. The summed E-state index contributed by atoms with van der Waals surface area (Å²) in [7, 11) is 0. The maximum absolute atomic E-state index is 11.2. The average Bonchev–Trinajstić information content (AvgIpc) is 2.60. The molecule has 0 bridgehead atoms. The second kappa shape index (κ2) is 8.02. The first kappa shape index (κ1) is 21.1. The second-order valence-electron chi connectivity index (χ2n) is 9.14. The number of rotatable bonds is 4. The van der Waals surface area contributed by atoms with E-state index in [4.69, 9.17) is 0 Å². The second-order valence-corrected chi connectivity index (χ2v) is 9.14. The number of nitrogens with one attached hydrogen (secondary N) is 1. The molecule has 1 amide bonds. The molecule has 4 nitrogen and oxygen atoms in total. The number of benzene rings is 2. The Kier molecular flexibility index (Phi) is 5.83. The molecule has 0 fully saturated rings. The lowest BCUT2D eigenvalue weighted by molar-refractivity contribution is -0.114. The van der Waals surface area contributed by atoms with E-state index in [1.807, 2.05) is 30.5 Å². The molecule has 1 heterocycles. The number of aliphatic imine (C=N–C) groups is 1. The van der Waals surface area contributed by atoms with Crippen LogP contribution in [0.1, 0.15) is 70.6 Å². The zero-order chi connectivity index (χ0) is 21.3. The van der Waals surface area contributed by atoms with E-state index in [1.165, 1.54) is 23.7 Å². The van der Waals surface area contributed by atoms with Gasteiger partial charge in [0.1, 0.15) is 0 Å². The minimum Gasteiger partial charge on any atom is -0.364 e. The molecule has 0 saturated heterocycles. The molecular formula is C25H33N3O. The SMILES string of the molecule is CC(=O)Nc1ccc(N=Cc2cc3c(cc2C)N(C(C)C)C(C)(C)C[C@@H]3C)cc1. The summed E-state index contributed by atoms with van der Waals surface area (Å²) in [5.74, 6) is 0.443. The number of nitrogens with zero attached hydrogens (tertiary/aromatic N) is 2. The van der Waals surface area contributed by atoms with Crippen molar-refractivity contribution in [2.75, 3.05) is 10.2 Å². The minimum atomic E-state index is -0.0707. The van der Waals surface area contributed by atoms with Gasteiger partial charge in [0.2, 0.25) is 5.91 Å². The summed E-state index contributed by atoms with van der Waals surface area (Å²) in [6, 6.07) is 12.7. The van der Waals surface area contributed by atoms with Gasteiger partial charge in [-0.15, -0.1) is 0 Å². The average molecular weight is 392 g/mol. The lowest BCUT2D eigenvalue weighted by Crippen LogP contribution is -2.51. The molecule has 1 aliphatic rings. The molecule has 0 aromatic heterocycles. The van der Waals surface area contributed by atoms with Crippen LogP contribution in [0, 0.1) is 6.92 Å². The van der Waals surface area contributed by atoms with Crippen LogP contribution in [0.4, 0.5) is 17.1 Å². The number of anilines is 2. The molecule has 1 N–H and O–H groups in total. The third kappa shape index (κ3) is 4.52. The van der Waals surface area contributed by atoms with Crippen LogP contribution in [0.5, 0.6) is 0 Å². The predicted molar refractivity (Wildman–Crippen MR) is 124 cm³/mol. The fourth-order valence-electron chi connectivity index (χ4n) is 4.71. The van der Waals surface area contributed by atoms with E-state index in [9.17, 15) is 4.79 Å². The summed E-state index contributed by atoms with van der Waals surface area (Å²) < 4.78 is 0. The summed E-state index contributed by atoms with van der Waals surface area (Å²) in [5, 5.41) is 2.78. The van der Waals surface area contributed by atoms with Gasteiger partial charge >= 0.3 is 0 Å². The van der Waals surface area contributed by atoms with Crippen LogP contribution in [-0.4, -0.2) is 23.7 Å². The summed E-state index contributed by atoms with van der Waals surface area (Å²) in [5.41, 5.74) is 6.96. The van der Waals surface area contributed by atoms with Crippen LogP contribution in [0.25, 0.3) is 0 Å². The lowest BCUT2D eigenvalue weighted by atomic mass is 9.78. The Morgan fingerprint density at radius 2 is 1.90 bits per heavy atom. The van der Waals surface area contributed by atoms with Gasteiger partial charge < -0.3 is 10.2 Å². The van der Waals surface area contributed by atoms with Crippen molar-refractivity contribution in [3.8, 4) is 0 Å². The number of carbonyl (C=O) groups excluding carboxylic acids is 1. The number of fused-ring (bicyclic) bond motifs is 1. The van der Waals surface area contributed by atoms with Crippen molar-refractivity contribution < 1.29 is 4.79 Å². The van der Waals surface area contributed by atoms with Crippen LogP contribution in [0.15, 0.2) is 41.4 Å². The number of carbonyl (C=O) groups is 1. The Balaban J connectivity index is 1.91. The highest BCUT2D eigenvalue weighted by Crippen LogP contribution is 2.45. The fourth-order valence-corrected chi connectivity index (χ4v) is 4.71. The Morgan fingerprint density at radius 1 is 1.24 bits per heavy atom. The van der Waals surface area contributed by atoms with Gasteiger partial charge in [0.25, 0.3) is 0 Å². The highest BCUT2D eigenvalue weighted by molar-refractivity contribution is 5.89. The van der Waals surface area contributed by atoms with E-state index in [0.29, 0.717) is 12.0 Å². The van der Waals surface area contributed by atoms with E-state index in [1.54, 1.807) is 0 Å². The van der Waals surface area contributed by atoms with E-state index >= 15 is 0 Å². The van der Waals surface area contributed by atoms with Crippen molar-refractivity contribution in [2.24, 2.45) is 4.99 Å². The molecule has 154 valence electrons. The van der Waals surface area contributed by atoms with Gasteiger partial charge in [-0.1, -0.05) is 6.92 Å². The summed E-state index contributed by atoms with van der Waals surface area (Å²) in [6.07, 6.45) is 3.09. The van der Waals surface area contributed by atoms with E-state index in [-0.39, 0.29) is 11.4 Å². The van der Waals surface area contributed by atoms with Crippen molar-refractivity contribution in [3.63, 3.8) is 0 Å². The first-order valence-electron chi connectivity index (χ1n) is 10.4. The molecule has 3 rings (SSSR count). The van der Waals surface area contributed by atoms with Crippen molar-refractivity contribution in [1.82, 2.24) is 0 Å². The Morgan fingerprint density at radius 3 is 2.48 bits per heavy atom. The topological polar surface area (TPSA) is 44.7 Å². The fraction of sp³-hybridized carbons (Fsp3) is 0.440. The number of hydrogen-bond donors (Lipinski definition) is 1. The number of aryl methyl sites for hydroxylation is 1. The molecule has 4 heteroatoms. The zero-order valence-electron chi connectivity index (χ0n) is 18.7. The normalized spacial score (nSPS) is 18.2. The van der Waals surface area contributed by atoms with Gasteiger partial charge in [-0.25, -0.2) is 0 Å². The van der Waals surface area contributed by atoms with Crippen LogP contribution >= 0.6 is 0 Å². The first-order valence-corrected chi connectivity index (χ1v) is 10.4. The van der Waals surface area contributed by atoms with Gasteiger partial charge in [0, 0.05) is 36.1 Å². The largest absolute Gasteiger partial charge is 0.364 e. The third-order valence-corrected chi connectivity index (χ3v) is 5.72. The molecule has 0 aliphatic carbocycles. The molecule has 0 spiro atoms. The number of hydrogen-bond acceptors (Lipinski definition) is 3. The summed E-state index contributed by atoms with van der Waals surface area (Å²) >= 11 is 0. The Hall–Kier alpha value is -2.62. The van der Waals surface area contributed by atoms with Gasteiger partial charge in [-0.3, -0.25) is 9.79 Å². The minimum absolute atomic E-state index is 0.0707. The van der Waals surface area contributed by atoms with Gasteiger partial charge in [0.15, 0.2) is 0 Å². The quantitative estimate of drug-likeness (QED) is 0.630. The van der Waals surface area contributed by atoms with Crippen LogP contribution in [-0.2, 0) is 4.79 Å². The van der Waals surface area contributed by atoms with Crippen LogP contribution in [0.3, 0.4) is 0 Å². The van der Waals surface area contributed by atoms with Crippen molar-refractivity contribution in [2.45, 2.75) is 72.4 Å². The number of amides is 1. The molecule has 29 heavy (non-hydrogen) atoms. The molecule has 1 aliphatic heterocycles. The molecule has 0 saturated carbocycles. The van der Waals surface area contributed by atoms with Crippen molar-refractivity contribution in [1.29, 1.82) is 0 Å². The maximum atomic E-state index is 11.2. The Bertz CT molecular complexity index is 926. The lowest BCUT2D eigenvalue weighted by Gasteiger charge is -2.50. The van der Waals surface area contributed by atoms with Gasteiger partial charge in [-0.05, 0) is 100 Å². The smallest absolute Gasteiger partial charge is 0.221 e. The zero-order valence-corrected chi connectivity index (χ0v) is 18.7. The standard InChI is InChI=1S/C25H33N3O/c1-16(2)28-24-12-17(3)20(13-23(24)18(4)14-25(28,6)7)15-26-21-8-10-22(11-9-21)27-19(5)29/h8-13,15-16,18H,14H2,1-7H3,(H,27,29)/t18-/m0/s1. The van der Waals surface area contributed by atoms with Crippen LogP contribution in [0.2, 0.25) is 0 Å². The summed E-state index contributed by atoms with van der Waals surface area (Å²) in [6.45, 7) is 15.2. The molecule has 1 atom stereocenters. The monoisotopic (exact) mass is 391 g/mol. The predicted octanol–water partition coefficient (Wildman–Crippen LogP) is 6.20. The van der Waals surface area contributed by atoms with Gasteiger partial charge in [0.05, 0.1) is 5.69 Å². The van der Waals surface area contributed by atoms with Gasteiger partial charge in [-0.2, -0.15) is 0 Å².